The molecule has 19 heteroatoms. The van der Waals surface area contributed by atoms with E-state index < -0.39 is 97.5 Å². The van der Waals surface area contributed by atoms with E-state index in [4.69, 9.17) is 37.0 Å². The molecule has 0 bridgehead atoms. The van der Waals surface area contributed by atoms with Crippen LogP contribution in [0.15, 0.2) is 0 Å². The molecule has 0 spiro atoms. The Labute approximate surface area is 543 Å². The van der Waals surface area contributed by atoms with Gasteiger partial charge in [-0.05, 0) is 31.6 Å². The molecule has 0 aliphatic carbocycles. The fourth-order valence-electron chi connectivity index (χ4n) is 10.6. The number of ether oxygens (including phenoxy) is 4. The third kappa shape index (κ3) is 64.6. The lowest BCUT2D eigenvalue weighted by Crippen LogP contribution is -2.30. The molecule has 5 atom stereocenters. The van der Waals surface area contributed by atoms with Crippen LogP contribution in [-0.4, -0.2) is 96.7 Å². The third-order valence-corrected chi connectivity index (χ3v) is 18.2. The molecule has 0 saturated carbocycles. The maximum atomic E-state index is 13.0. The van der Waals surface area contributed by atoms with Crippen LogP contribution in [0.5, 0.6) is 0 Å². The highest BCUT2D eigenvalue weighted by Gasteiger charge is 2.30. The van der Waals surface area contributed by atoms with Crippen molar-refractivity contribution in [2.75, 3.05) is 39.6 Å². The molecule has 0 radical (unpaired) electrons. The smallest absolute Gasteiger partial charge is 0.462 e. The number of aliphatic hydroxyl groups excluding tert-OH is 1. The Morgan fingerprint density at radius 1 is 0.303 bits per heavy atom. The van der Waals surface area contributed by atoms with Crippen molar-refractivity contribution >= 4 is 39.5 Å². The van der Waals surface area contributed by atoms with E-state index in [0.29, 0.717) is 25.7 Å². The number of unbranched alkanes of at least 4 members (excludes halogenated alkanes) is 42. The first kappa shape index (κ1) is 87.1. The molecular formula is C70H136O17P2. The number of rotatable bonds is 70. The molecule has 2 unspecified atom stereocenters. The Morgan fingerprint density at radius 2 is 0.517 bits per heavy atom. The molecule has 528 valence electrons. The Balaban J connectivity index is 5.23. The van der Waals surface area contributed by atoms with E-state index in [-0.39, 0.29) is 25.7 Å². The van der Waals surface area contributed by atoms with Crippen LogP contribution in [0, 0.1) is 5.92 Å². The maximum Gasteiger partial charge on any atom is 0.472 e. The minimum absolute atomic E-state index is 0.107. The average Bonchev–Trinajstić information content (AvgIpc) is 3.55. The van der Waals surface area contributed by atoms with Crippen molar-refractivity contribution in [2.45, 2.75) is 380 Å². The minimum Gasteiger partial charge on any atom is -0.462 e. The molecule has 0 aromatic rings. The molecule has 0 rings (SSSR count). The number of carbonyl (C=O) groups excluding carboxylic acids is 4. The largest absolute Gasteiger partial charge is 0.472 e. The molecule has 0 aliphatic rings. The van der Waals surface area contributed by atoms with Gasteiger partial charge in [-0.25, -0.2) is 9.13 Å². The number of esters is 4. The normalized spacial score (nSPS) is 14.1. The summed E-state index contributed by atoms with van der Waals surface area (Å²) in [4.78, 5) is 72.5. The maximum absolute atomic E-state index is 13.0. The van der Waals surface area contributed by atoms with Crippen molar-refractivity contribution in [3.05, 3.63) is 0 Å². The van der Waals surface area contributed by atoms with Gasteiger partial charge >= 0.3 is 39.5 Å². The Kier molecular flexibility index (Phi) is 62.1. The van der Waals surface area contributed by atoms with E-state index >= 15 is 0 Å². The summed E-state index contributed by atoms with van der Waals surface area (Å²) in [5, 5.41) is 10.6. The minimum atomic E-state index is -4.95. The number of phosphoric ester groups is 2. The van der Waals surface area contributed by atoms with E-state index in [9.17, 15) is 43.2 Å². The van der Waals surface area contributed by atoms with Gasteiger partial charge in [0, 0.05) is 25.7 Å². The van der Waals surface area contributed by atoms with Crippen molar-refractivity contribution in [3.8, 4) is 0 Å². The van der Waals surface area contributed by atoms with Crippen LogP contribution in [0.2, 0.25) is 0 Å². The molecule has 0 heterocycles. The fraction of sp³-hybridized carbons (Fsp3) is 0.943. The van der Waals surface area contributed by atoms with Crippen LogP contribution in [0.4, 0.5) is 0 Å². The summed E-state index contributed by atoms with van der Waals surface area (Å²) in [5.74, 6) is -1.36. The number of aliphatic hydroxyl groups is 1. The van der Waals surface area contributed by atoms with E-state index in [0.717, 1.165) is 95.8 Å². The van der Waals surface area contributed by atoms with Gasteiger partial charge in [0.2, 0.25) is 0 Å². The second-order valence-corrected chi connectivity index (χ2v) is 28.7. The third-order valence-electron chi connectivity index (χ3n) is 16.3. The van der Waals surface area contributed by atoms with Crippen molar-refractivity contribution in [1.82, 2.24) is 0 Å². The molecule has 0 aromatic carbocycles. The lowest BCUT2D eigenvalue weighted by atomic mass is 10.0. The van der Waals surface area contributed by atoms with E-state index in [1.54, 1.807) is 0 Å². The van der Waals surface area contributed by atoms with Gasteiger partial charge in [0.1, 0.15) is 19.3 Å². The molecule has 0 saturated heterocycles. The summed E-state index contributed by atoms with van der Waals surface area (Å²) in [5.41, 5.74) is 0. The van der Waals surface area contributed by atoms with Crippen molar-refractivity contribution in [3.63, 3.8) is 0 Å². The van der Waals surface area contributed by atoms with Crippen LogP contribution in [0.3, 0.4) is 0 Å². The van der Waals surface area contributed by atoms with Crippen LogP contribution < -0.4 is 0 Å². The summed E-state index contributed by atoms with van der Waals surface area (Å²) in [6.45, 7) is 7.23. The van der Waals surface area contributed by atoms with E-state index in [1.165, 1.54) is 186 Å². The second-order valence-electron chi connectivity index (χ2n) is 25.7. The standard InChI is InChI=1S/C70H136O17P2/c1-6-9-12-15-18-21-23-24-25-26-27-29-36-41-46-51-56-70(75)87-66(60-81-68(73)54-49-44-39-34-31-30-33-37-42-47-52-63(4)5)62-85-89(78,79)83-58-64(71)57-82-88(76,77)84-61-65(59-80-67(72)53-48-43-38-32-20-17-14-11-8-3)86-69(74)55-50-45-40-35-28-22-19-16-13-10-7-2/h63-66,71H,6-62H2,1-5H3,(H,76,77)(H,78,79)/t64-,65+,66+/m0/s1. The zero-order valence-electron chi connectivity index (χ0n) is 57.6. The first-order valence-electron chi connectivity index (χ1n) is 36.6. The summed E-state index contributed by atoms with van der Waals surface area (Å²) >= 11 is 0. The molecule has 0 aromatic heterocycles. The average molecular weight is 1310 g/mol. The van der Waals surface area contributed by atoms with Gasteiger partial charge in [0.15, 0.2) is 12.2 Å². The van der Waals surface area contributed by atoms with Gasteiger partial charge in [-0.2, -0.15) is 0 Å². The predicted octanol–water partition coefficient (Wildman–Crippen LogP) is 20.1. The summed E-state index contributed by atoms with van der Waals surface area (Å²) in [6.07, 6.45) is 49.8. The van der Waals surface area contributed by atoms with Crippen LogP contribution in [-0.2, 0) is 65.4 Å². The number of phosphoric acid groups is 2. The van der Waals surface area contributed by atoms with E-state index in [1.807, 2.05) is 0 Å². The molecule has 0 amide bonds. The molecule has 89 heavy (non-hydrogen) atoms. The van der Waals surface area contributed by atoms with Gasteiger partial charge in [-0.3, -0.25) is 37.3 Å². The highest BCUT2D eigenvalue weighted by Crippen LogP contribution is 2.45. The fourth-order valence-corrected chi connectivity index (χ4v) is 12.2. The van der Waals surface area contributed by atoms with Crippen molar-refractivity contribution in [2.24, 2.45) is 5.92 Å². The topological polar surface area (TPSA) is 237 Å². The van der Waals surface area contributed by atoms with Gasteiger partial charge < -0.3 is 33.8 Å². The van der Waals surface area contributed by atoms with Crippen LogP contribution in [0.1, 0.15) is 362 Å². The predicted molar refractivity (Wildman–Crippen MR) is 358 cm³/mol. The molecule has 0 aliphatic heterocycles. The van der Waals surface area contributed by atoms with Gasteiger partial charge in [-0.15, -0.1) is 0 Å². The van der Waals surface area contributed by atoms with Crippen molar-refractivity contribution in [1.29, 1.82) is 0 Å². The van der Waals surface area contributed by atoms with Gasteiger partial charge in [0.05, 0.1) is 26.4 Å². The van der Waals surface area contributed by atoms with Crippen LogP contribution in [0.25, 0.3) is 0 Å². The second kappa shape index (κ2) is 63.5. The quantitative estimate of drug-likeness (QED) is 0.0222. The van der Waals surface area contributed by atoms with Crippen LogP contribution >= 0.6 is 15.6 Å². The lowest BCUT2D eigenvalue weighted by Gasteiger charge is -2.21. The highest BCUT2D eigenvalue weighted by atomic mass is 31.2. The lowest BCUT2D eigenvalue weighted by molar-refractivity contribution is -0.161. The van der Waals surface area contributed by atoms with E-state index in [2.05, 4.69) is 34.6 Å². The monoisotopic (exact) mass is 1310 g/mol. The molecule has 17 nitrogen and oxygen atoms in total. The molecule has 3 N–H and O–H groups in total. The molecular weight excluding hydrogens is 1170 g/mol. The number of hydrogen-bond acceptors (Lipinski definition) is 15. The number of carbonyl (C=O) groups is 4. The van der Waals surface area contributed by atoms with Gasteiger partial charge in [-0.1, -0.05) is 311 Å². The Hall–Kier alpha value is -1.94. The SMILES string of the molecule is CCCCCCCCCCCCCCCCCCC(=O)O[C@H](COC(=O)CCCCCCCCCCCCC(C)C)COP(=O)(O)OC[C@@H](O)COP(=O)(O)OC[C@@H](COC(=O)CCCCCCCCCCC)OC(=O)CCCCCCCCCCCCC. The molecule has 0 fully saturated rings. The van der Waals surface area contributed by atoms with Gasteiger partial charge in [0.25, 0.3) is 0 Å². The Bertz CT molecular complexity index is 1720. The summed E-state index contributed by atoms with van der Waals surface area (Å²) in [6, 6.07) is 0. The summed E-state index contributed by atoms with van der Waals surface area (Å²) < 4.78 is 68.2. The highest BCUT2D eigenvalue weighted by molar-refractivity contribution is 7.47. The van der Waals surface area contributed by atoms with Crippen molar-refractivity contribution < 1.29 is 80.2 Å². The first-order chi connectivity index (χ1) is 43.0. The summed E-state index contributed by atoms with van der Waals surface area (Å²) in [7, 11) is -9.90. The zero-order chi connectivity index (χ0) is 65.6. The Morgan fingerprint density at radius 3 is 0.764 bits per heavy atom. The zero-order valence-corrected chi connectivity index (χ0v) is 59.4. The first-order valence-corrected chi connectivity index (χ1v) is 39.6. The number of hydrogen-bond donors (Lipinski definition) is 3.